The van der Waals surface area contributed by atoms with E-state index in [9.17, 15) is 0 Å². The summed E-state index contributed by atoms with van der Waals surface area (Å²) in [7, 11) is 0. The van der Waals surface area contributed by atoms with Gasteiger partial charge in [-0.05, 0) is 28.9 Å². The molecule has 0 fully saturated rings. The molecule has 0 aliphatic heterocycles. The van der Waals surface area contributed by atoms with E-state index in [4.69, 9.17) is 0 Å². The minimum atomic E-state index is 0.247. The molecule has 0 unspecified atom stereocenters. The first kappa shape index (κ1) is 13.4. The van der Waals surface area contributed by atoms with Gasteiger partial charge in [0.05, 0.1) is 0 Å². The molecule has 2 heteroatoms. The molecule has 0 radical (unpaired) electrons. The van der Waals surface area contributed by atoms with Gasteiger partial charge in [-0.3, -0.25) is 0 Å². The molecule has 1 rings (SSSR count). The fourth-order valence-corrected chi connectivity index (χ4v) is 2.04. The zero-order chi connectivity index (χ0) is 12.0. The molecule has 0 saturated carbocycles. The predicted octanol–water partition coefficient (Wildman–Crippen LogP) is 4.15. The van der Waals surface area contributed by atoms with Crippen molar-refractivity contribution in [3.8, 4) is 0 Å². The zero-order valence-electron chi connectivity index (χ0n) is 10.8. The lowest BCUT2D eigenvalue weighted by Gasteiger charge is -2.19. The van der Waals surface area contributed by atoms with Gasteiger partial charge in [0.2, 0.25) is 0 Å². The Bertz CT molecular complexity index is 298. The van der Waals surface area contributed by atoms with Crippen LogP contribution in [-0.4, -0.2) is 18.1 Å². The van der Waals surface area contributed by atoms with Gasteiger partial charge in [0, 0.05) is 18.0 Å². The van der Waals surface area contributed by atoms with Gasteiger partial charge in [0.15, 0.2) is 0 Å². The van der Waals surface area contributed by atoms with Crippen molar-refractivity contribution in [1.82, 2.24) is 0 Å². The van der Waals surface area contributed by atoms with Gasteiger partial charge >= 0.3 is 0 Å². The monoisotopic (exact) mass is 237 g/mol. The largest absolute Gasteiger partial charge is 0.384 e. The summed E-state index contributed by atoms with van der Waals surface area (Å²) in [5, 5.41) is 3.44. The summed E-state index contributed by atoms with van der Waals surface area (Å²) in [6, 6.07) is 8.79. The van der Waals surface area contributed by atoms with Gasteiger partial charge in [-0.2, -0.15) is 11.8 Å². The van der Waals surface area contributed by atoms with Crippen LogP contribution < -0.4 is 5.32 Å². The van der Waals surface area contributed by atoms with Crippen LogP contribution in [0.5, 0.6) is 0 Å². The molecule has 1 aromatic carbocycles. The Morgan fingerprint density at radius 2 is 1.75 bits per heavy atom. The zero-order valence-corrected chi connectivity index (χ0v) is 11.7. The number of hydrogen-bond donors (Lipinski definition) is 1. The first-order valence-corrected chi connectivity index (χ1v) is 7.11. The Balaban J connectivity index is 2.46. The molecule has 0 spiro atoms. The highest BCUT2D eigenvalue weighted by atomic mass is 32.2. The Morgan fingerprint density at radius 1 is 1.12 bits per heavy atom. The lowest BCUT2D eigenvalue weighted by atomic mass is 9.87. The third-order valence-electron chi connectivity index (χ3n) is 2.53. The van der Waals surface area contributed by atoms with Crippen LogP contribution in [0.15, 0.2) is 24.3 Å². The van der Waals surface area contributed by atoms with Gasteiger partial charge < -0.3 is 5.32 Å². The Kier molecular flexibility index (Phi) is 5.20. The standard InChI is InChI=1S/C14H23NS/c1-5-16-11-10-15-13-8-6-12(7-9-13)14(2,3)4/h6-9,15H,5,10-11H2,1-4H3. The third-order valence-corrected chi connectivity index (χ3v) is 3.43. The van der Waals surface area contributed by atoms with E-state index >= 15 is 0 Å². The quantitative estimate of drug-likeness (QED) is 0.772. The molecule has 90 valence electrons. The van der Waals surface area contributed by atoms with E-state index in [1.165, 1.54) is 22.8 Å². The predicted molar refractivity (Wildman–Crippen MR) is 76.6 cm³/mol. The maximum Gasteiger partial charge on any atom is 0.0340 e. The number of anilines is 1. The molecule has 1 N–H and O–H groups in total. The van der Waals surface area contributed by atoms with Crippen LogP contribution in [0.3, 0.4) is 0 Å². The lowest BCUT2D eigenvalue weighted by molar-refractivity contribution is 0.590. The Morgan fingerprint density at radius 3 is 2.25 bits per heavy atom. The number of rotatable bonds is 5. The summed E-state index contributed by atoms with van der Waals surface area (Å²) >= 11 is 1.97. The first-order valence-electron chi connectivity index (χ1n) is 5.96. The molecule has 1 nitrogen and oxygen atoms in total. The second kappa shape index (κ2) is 6.19. The van der Waals surface area contributed by atoms with Gasteiger partial charge in [-0.25, -0.2) is 0 Å². The van der Waals surface area contributed by atoms with E-state index in [1.807, 2.05) is 11.8 Å². The molecular weight excluding hydrogens is 214 g/mol. The third kappa shape index (κ3) is 4.48. The minimum absolute atomic E-state index is 0.247. The van der Waals surface area contributed by atoms with E-state index in [-0.39, 0.29) is 5.41 Å². The van der Waals surface area contributed by atoms with Crippen LogP contribution in [0.25, 0.3) is 0 Å². The van der Waals surface area contributed by atoms with Crippen LogP contribution >= 0.6 is 11.8 Å². The summed E-state index contributed by atoms with van der Waals surface area (Å²) in [6.07, 6.45) is 0. The Labute approximate surface area is 104 Å². The molecule has 1 aromatic rings. The van der Waals surface area contributed by atoms with Crippen molar-refractivity contribution >= 4 is 17.4 Å². The summed E-state index contributed by atoms with van der Waals surface area (Å²) < 4.78 is 0. The summed E-state index contributed by atoms with van der Waals surface area (Å²) in [4.78, 5) is 0. The number of thioether (sulfide) groups is 1. The van der Waals surface area contributed by atoms with Crippen LogP contribution in [0, 0.1) is 0 Å². The van der Waals surface area contributed by atoms with Gasteiger partial charge in [0.25, 0.3) is 0 Å². The topological polar surface area (TPSA) is 12.0 Å². The molecule has 0 heterocycles. The van der Waals surface area contributed by atoms with Crippen molar-refractivity contribution < 1.29 is 0 Å². The van der Waals surface area contributed by atoms with E-state index in [0.29, 0.717) is 0 Å². The van der Waals surface area contributed by atoms with E-state index in [2.05, 4.69) is 57.3 Å². The average molecular weight is 237 g/mol. The molecular formula is C14H23NS. The maximum atomic E-state index is 3.44. The van der Waals surface area contributed by atoms with Crippen molar-refractivity contribution in [2.24, 2.45) is 0 Å². The lowest BCUT2D eigenvalue weighted by Crippen LogP contribution is -2.11. The van der Waals surface area contributed by atoms with Crippen molar-refractivity contribution in [1.29, 1.82) is 0 Å². The minimum Gasteiger partial charge on any atom is -0.384 e. The van der Waals surface area contributed by atoms with Crippen molar-refractivity contribution in [3.05, 3.63) is 29.8 Å². The smallest absolute Gasteiger partial charge is 0.0340 e. The Hall–Kier alpha value is -0.630. The van der Waals surface area contributed by atoms with Crippen LogP contribution in [0.1, 0.15) is 33.3 Å². The van der Waals surface area contributed by atoms with Gasteiger partial charge in [0.1, 0.15) is 0 Å². The van der Waals surface area contributed by atoms with Crippen LogP contribution in [0.4, 0.5) is 5.69 Å². The van der Waals surface area contributed by atoms with Gasteiger partial charge in [-0.15, -0.1) is 0 Å². The SMILES string of the molecule is CCSCCNc1ccc(C(C)(C)C)cc1. The van der Waals surface area contributed by atoms with E-state index < -0.39 is 0 Å². The molecule has 0 aromatic heterocycles. The van der Waals surface area contributed by atoms with Gasteiger partial charge in [-0.1, -0.05) is 39.8 Å². The summed E-state index contributed by atoms with van der Waals surface area (Å²) in [5.41, 5.74) is 2.86. The molecule has 0 atom stereocenters. The highest BCUT2D eigenvalue weighted by Gasteiger charge is 2.12. The number of nitrogens with one attached hydrogen (secondary N) is 1. The number of hydrogen-bond acceptors (Lipinski definition) is 2. The highest BCUT2D eigenvalue weighted by molar-refractivity contribution is 7.99. The molecule has 0 aliphatic carbocycles. The summed E-state index contributed by atoms with van der Waals surface area (Å²) in [5.74, 6) is 2.38. The fraction of sp³-hybridized carbons (Fsp3) is 0.571. The van der Waals surface area contributed by atoms with E-state index in [1.54, 1.807) is 0 Å². The maximum absolute atomic E-state index is 3.44. The molecule has 0 bridgehead atoms. The number of benzene rings is 1. The second-order valence-electron chi connectivity index (χ2n) is 4.95. The normalized spacial score (nSPS) is 11.5. The molecule has 16 heavy (non-hydrogen) atoms. The van der Waals surface area contributed by atoms with Crippen LogP contribution in [0.2, 0.25) is 0 Å². The first-order chi connectivity index (χ1) is 7.54. The van der Waals surface area contributed by atoms with Crippen molar-refractivity contribution in [2.75, 3.05) is 23.4 Å². The van der Waals surface area contributed by atoms with Crippen LogP contribution in [-0.2, 0) is 5.41 Å². The molecule has 0 saturated heterocycles. The van der Waals surface area contributed by atoms with E-state index in [0.717, 1.165) is 6.54 Å². The molecule has 0 aliphatic rings. The van der Waals surface area contributed by atoms with Crippen molar-refractivity contribution in [2.45, 2.75) is 33.1 Å². The summed E-state index contributed by atoms with van der Waals surface area (Å²) in [6.45, 7) is 9.98. The highest BCUT2D eigenvalue weighted by Crippen LogP contribution is 2.23. The van der Waals surface area contributed by atoms with Crippen molar-refractivity contribution in [3.63, 3.8) is 0 Å². The molecule has 0 amide bonds. The average Bonchev–Trinajstić information content (AvgIpc) is 2.24. The second-order valence-corrected chi connectivity index (χ2v) is 6.34. The fourth-order valence-electron chi connectivity index (χ4n) is 1.50.